The zero-order valence-electron chi connectivity index (χ0n) is 8.76. The quantitative estimate of drug-likeness (QED) is 0.666. The second kappa shape index (κ2) is 4.43. The summed E-state index contributed by atoms with van der Waals surface area (Å²) in [6, 6.07) is 0. The van der Waals surface area contributed by atoms with Crippen molar-refractivity contribution in [3.8, 4) is 0 Å². The Morgan fingerprint density at radius 2 is 2.21 bits per heavy atom. The number of nitrogens with zero attached hydrogens (tertiary/aromatic N) is 1. The predicted molar refractivity (Wildman–Crippen MR) is 63.4 cm³/mol. The van der Waals surface area contributed by atoms with Gasteiger partial charge in [0.25, 0.3) is 0 Å². The first-order chi connectivity index (χ1) is 6.57. The molecule has 1 rings (SSSR count). The Morgan fingerprint density at radius 1 is 1.57 bits per heavy atom. The highest BCUT2D eigenvalue weighted by atomic mass is 35.5. The number of hydrogen-bond acceptors (Lipinski definition) is 1. The van der Waals surface area contributed by atoms with Gasteiger partial charge >= 0.3 is 0 Å². The number of rotatable bonds is 2. The Labute approximate surface area is 90.1 Å². The van der Waals surface area contributed by atoms with Gasteiger partial charge in [0.1, 0.15) is 5.15 Å². The normalized spacial score (nSPS) is 10.9. The van der Waals surface area contributed by atoms with Crippen LogP contribution in [0.1, 0.15) is 30.5 Å². The SMILES string of the molecule is C=C(C)c1cnc(Cl)c(/C=C\C)c1C. The summed E-state index contributed by atoms with van der Waals surface area (Å²) < 4.78 is 0. The summed E-state index contributed by atoms with van der Waals surface area (Å²) in [5, 5.41) is 0.547. The lowest BCUT2D eigenvalue weighted by Gasteiger charge is -2.09. The van der Waals surface area contributed by atoms with Crippen LogP contribution in [0.15, 0.2) is 18.9 Å². The molecule has 0 aromatic carbocycles. The van der Waals surface area contributed by atoms with E-state index in [2.05, 4.69) is 11.6 Å². The van der Waals surface area contributed by atoms with E-state index in [4.69, 9.17) is 11.6 Å². The molecule has 1 heterocycles. The zero-order valence-corrected chi connectivity index (χ0v) is 9.52. The first-order valence-electron chi connectivity index (χ1n) is 4.51. The molecule has 0 saturated heterocycles. The molecule has 0 atom stereocenters. The molecule has 1 nitrogen and oxygen atoms in total. The fourth-order valence-electron chi connectivity index (χ4n) is 1.38. The van der Waals surface area contributed by atoms with Crippen LogP contribution in [-0.4, -0.2) is 4.98 Å². The third-order valence-electron chi connectivity index (χ3n) is 2.13. The van der Waals surface area contributed by atoms with Gasteiger partial charge in [-0.3, -0.25) is 0 Å². The van der Waals surface area contributed by atoms with Gasteiger partial charge in [-0.2, -0.15) is 0 Å². The van der Waals surface area contributed by atoms with Crippen LogP contribution in [0.5, 0.6) is 0 Å². The average Bonchev–Trinajstić information content (AvgIpc) is 2.11. The molecule has 74 valence electrons. The Morgan fingerprint density at radius 3 is 2.71 bits per heavy atom. The second-order valence-electron chi connectivity index (χ2n) is 3.28. The van der Waals surface area contributed by atoms with Gasteiger partial charge in [-0.15, -0.1) is 0 Å². The summed E-state index contributed by atoms with van der Waals surface area (Å²) >= 11 is 5.99. The summed E-state index contributed by atoms with van der Waals surface area (Å²) in [7, 11) is 0. The average molecular weight is 208 g/mol. The van der Waals surface area contributed by atoms with Gasteiger partial charge in [-0.1, -0.05) is 30.3 Å². The summed E-state index contributed by atoms with van der Waals surface area (Å²) in [4.78, 5) is 4.13. The van der Waals surface area contributed by atoms with E-state index in [1.807, 2.05) is 32.9 Å². The van der Waals surface area contributed by atoms with Gasteiger partial charge in [0, 0.05) is 11.8 Å². The summed E-state index contributed by atoms with van der Waals surface area (Å²) in [5.41, 5.74) is 4.20. The maximum absolute atomic E-state index is 5.99. The molecule has 0 aliphatic heterocycles. The maximum Gasteiger partial charge on any atom is 0.136 e. The highest BCUT2D eigenvalue weighted by molar-refractivity contribution is 6.31. The maximum atomic E-state index is 5.99. The molecule has 0 unspecified atom stereocenters. The van der Waals surface area contributed by atoms with Crippen molar-refractivity contribution in [3.63, 3.8) is 0 Å². The molecule has 14 heavy (non-hydrogen) atoms. The number of allylic oxidation sites excluding steroid dienone is 2. The topological polar surface area (TPSA) is 12.9 Å². The monoisotopic (exact) mass is 207 g/mol. The molecule has 0 radical (unpaired) electrons. The minimum absolute atomic E-state index is 0.547. The molecule has 0 aliphatic rings. The van der Waals surface area contributed by atoms with Crippen molar-refractivity contribution in [1.82, 2.24) is 4.98 Å². The minimum atomic E-state index is 0.547. The standard InChI is InChI=1S/C12H14ClN/c1-5-6-10-9(4)11(8(2)3)7-14-12(10)13/h5-7H,2H2,1,3-4H3/b6-5-. The minimum Gasteiger partial charge on any atom is -0.243 e. The smallest absolute Gasteiger partial charge is 0.136 e. The first-order valence-corrected chi connectivity index (χ1v) is 4.89. The van der Waals surface area contributed by atoms with Crippen LogP contribution in [0.2, 0.25) is 5.15 Å². The molecular weight excluding hydrogens is 194 g/mol. The highest BCUT2D eigenvalue weighted by Gasteiger charge is 2.07. The number of halogens is 1. The van der Waals surface area contributed by atoms with Gasteiger partial charge in [0.05, 0.1) is 0 Å². The predicted octanol–water partition coefficient (Wildman–Crippen LogP) is 4.11. The first kappa shape index (κ1) is 11.0. The molecule has 0 aliphatic carbocycles. The lowest BCUT2D eigenvalue weighted by atomic mass is 10.0. The van der Waals surface area contributed by atoms with Crippen molar-refractivity contribution in [2.45, 2.75) is 20.8 Å². The van der Waals surface area contributed by atoms with Gasteiger partial charge < -0.3 is 0 Å². The van der Waals surface area contributed by atoms with Crippen molar-refractivity contribution in [2.75, 3.05) is 0 Å². The van der Waals surface area contributed by atoms with E-state index >= 15 is 0 Å². The number of pyridine rings is 1. The third kappa shape index (κ3) is 2.05. The van der Waals surface area contributed by atoms with Crippen LogP contribution in [0.3, 0.4) is 0 Å². The molecular formula is C12H14ClN. The van der Waals surface area contributed by atoms with Crippen LogP contribution >= 0.6 is 11.6 Å². The van der Waals surface area contributed by atoms with E-state index in [-0.39, 0.29) is 0 Å². The molecule has 0 saturated carbocycles. The Bertz CT molecular complexity index is 392. The number of hydrogen-bond donors (Lipinski definition) is 0. The van der Waals surface area contributed by atoms with E-state index < -0.39 is 0 Å². The Kier molecular flexibility index (Phi) is 3.48. The van der Waals surface area contributed by atoms with Crippen LogP contribution in [0.25, 0.3) is 11.6 Å². The number of aromatic nitrogens is 1. The van der Waals surface area contributed by atoms with Crippen LogP contribution < -0.4 is 0 Å². The van der Waals surface area contributed by atoms with Crippen LogP contribution in [0, 0.1) is 6.92 Å². The van der Waals surface area contributed by atoms with E-state index in [9.17, 15) is 0 Å². The Balaban J connectivity index is 3.40. The molecule has 1 aromatic heterocycles. The van der Waals surface area contributed by atoms with Gasteiger partial charge in [0.15, 0.2) is 0 Å². The van der Waals surface area contributed by atoms with E-state index in [1.165, 1.54) is 0 Å². The largest absolute Gasteiger partial charge is 0.243 e. The lowest BCUT2D eigenvalue weighted by molar-refractivity contribution is 1.24. The third-order valence-corrected chi connectivity index (χ3v) is 2.43. The molecule has 2 heteroatoms. The molecule has 0 bridgehead atoms. The van der Waals surface area contributed by atoms with E-state index in [0.29, 0.717) is 5.15 Å². The zero-order chi connectivity index (χ0) is 10.7. The molecule has 0 amide bonds. The van der Waals surface area contributed by atoms with Crippen molar-refractivity contribution >= 4 is 23.3 Å². The second-order valence-corrected chi connectivity index (χ2v) is 3.64. The van der Waals surface area contributed by atoms with Crippen LogP contribution in [-0.2, 0) is 0 Å². The van der Waals surface area contributed by atoms with Crippen molar-refractivity contribution < 1.29 is 0 Å². The summed E-state index contributed by atoms with van der Waals surface area (Å²) in [5.74, 6) is 0. The fourth-order valence-corrected chi connectivity index (χ4v) is 1.63. The van der Waals surface area contributed by atoms with Crippen LogP contribution in [0.4, 0.5) is 0 Å². The lowest BCUT2D eigenvalue weighted by Crippen LogP contribution is -1.93. The fraction of sp³-hybridized carbons (Fsp3) is 0.250. The van der Waals surface area contributed by atoms with Crippen molar-refractivity contribution in [2.24, 2.45) is 0 Å². The summed E-state index contributed by atoms with van der Waals surface area (Å²) in [6.07, 6.45) is 5.70. The molecule has 0 N–H and O–H groups in total. The van der Waals surface area contributed by atoms with Gasteiger partial charge in [-0.25, -0.2) is 4.98 Å². The van der Waals surface area contributed by atoms with E-state index in [1.54, 1.807) is 6.20 Å². The highest BCUT2D eigenvalue weighted by Crippen LogP contribution is 2.25. The molecule has 0 fully saturated rings. The van der Waals surface area contributed by atoms with Crippen molar-refractivity contribution in [3.05, 3.63) is 40.7 Å². The van der Waals surface area contributed by atoms with Gasteiger partial charge in [0.2, 0.25) is 0 Å². The molecule has 0 spiro atoms. The van der Waals surface area contributed by atoms with Crippen molar-refractivity contribution in [1.29, 1.82) is 0 Å². The van der Waals surface area contributed by atoms with E-state index in [0.717, 1.165) is 22.3 Å². The van der Waals surface area contributed by atoms with Gasteiger partial charge in [-0.05, 0) is 37.5 Å². The summed E-state index contributed by atoms with van der Waals surface area (Å²) in [6.45, 7) is 9.88. The Hall–Kier alpha value is -1.08. The molecule has 1 aromatic rings.